The Morgan fingerprint density at radius 1 is 1.40 bits per heavy atom. The Labute approximate surface area is 119 Å². The van der Waals surface area contributed by atoms with E-state index in [9.17, 15) is 0 Å². The Kier molecular flexibility index (Phi) is 3.56. The number of hydrogen-bond donors (Lipinski definition) is 1. The second-order valence-corrected chi connectivity index (χ2v) is 5.58. The molecule has 108 valence electrons. The molecular formula is C14H22N6. The van der Waals surface area contributed by atoms with Crippen LogP contribution in [-0.4, -0.2) is 38.9 Å². The zero-order chi connectivity index (χ0) is 14.1. The van der Waals surface area contributed by atoms with E-state index in [1.54, 1.807) is 11.0 Å². The van der Waals surface area contributed by atoms with Crippen LogP contribution in [0.5, 0.6) is 0 Å². The van der Waals surface area contributed by atoms with Crippen LogP contribution >= 0.6 is 0 Å². The maximum atomic E-state index is 5.99. The van der Waals surface area contributed by atoms with E-state index in [2.05, 4.69) is 26.9 Å². The smallest absolute Gasteiger partial charge is 0.163 e. The van der Waals surface area contributed by atoms with Crippen LogP contribution in [0.25, 0.3) is 11.0 Å². The maximum Gasteiger partial charge on any atom is 0.163 e. The number of fused-ring (bicyclic) bond motifs is 1. The summed E-state index contributed by atoms with van der Waals surface area (Å²) in [6, 6.07) is 0.368. The fraction of sp³-hybridized carbons (Fsp3) is 0.643. The largest absolute Gasteiger partial charge is 0.352 e. The van der Waals surface area contributed by atoms with Crippen molar-refractivity contribution >= 4 is 16.9 Å². The van der Waals surface area contributed by atoms with E-state index in [1.165, 1.54) is 12.8 Å². The van der Waals surface area contributed by atoms with Gasteiger partial charge < -0.3 is 10.6 Å². The summed E-state index contributed by atoms with van der Waals surface area (Å²) in [5, 5.41) is 5.31. The highest BCUT2D eigenvalue weighted by Crippen LogP contribution is 2.31. The first kappa shape index (κ1) is 13.3. The number of aromatic nitrogens is 4. The van der Waals surface area contributed by atoms with Crippen molar-refractivity contribution in [2.45, 2.75) is 32.2 Å². The Morgan fingerprint density at radius 3 is 3.00 bits per heavy atom. The van der Waals surface area contributed by atoms with Gasteiger partial charge in [-0.1, -0.05) is 13.3 Å². The summed E-state index contributed by atoms with van der Waals surface area (Å²) in [4.78, 5) is 11.2. The standard InChI is InChI=1S/C14H22N6/c1-3-10-4-5-20(11(6-10)7-15)14-12-8-18-19(2)13(12)16-9-17-14/h8-11H,3-7,15H2,1-2H3. The Morgan fingerprint density at radius 2 is 2.25 bits per heavy atom. The molecule has 0 aliphatic carbocycles. The van der Waals surface area contributed by atoms with E-state index in [0.717, 1.165) is 35.7 Å². The average Bonchev–Trinajstić information content (AvgIpc) is 2.88. The fourth-order valence-corrected chi connectivity index (χ4v) is 3.19. The summed E-state index contributed by atoms with van der Waals surface area (Å²) in [6.45, 7) is 3.95. The third-order valence-corrected chi connectivity index (χ3v) is 4.45. The van der Waals surface area contributed by atoms with Crippen LogP contribution in [0.15, 0.2) is 12.5 Å². The highest BCUT2D eigenvalue weighted by molar-refractivity contribution is 5.86. The van der Waals surface area contributed by atoms with Crippen molar-refractivity contribution in [3.8, 4) is 0 Å². The highest BCUT2D eigenvalue weighted by Gasteiger charge is 2.29. The van der Waals surface area contributed by atoms with E-state index in [-0.39, 0.29) is 0 Å². The predicted molar refractivity (Wildman–Crippen MR) is 79.5 cm³/mol. The second kappa shape index (κ2) is 5.36. The Balaban J connectivity index is 1.97. The Bertz CT molecular complexity index is 592. The van der Waals surface area contributed by atoms with Gasteiger partial charge in [0.05, 0.1) is 11.6 Å². The molecule has 1 fully saturated rings. The first-order valence-electron chi connectivity index (χ1n) is 7.34. The summed E-state index contributed by atoms with van der Waals surface area (Å²) < 4.78 is 1.79. The SMILES string of the molecule is CCC1CCN(c2ncnc3c2cnn3C)C(CN)C1. The van der Waals surface area contributed by atoms with Crippen LogP contribution in [0, 0.1) is 5.92 Å². The third kappa shape index (κ3) is 2.14. The number of anilines is 1. The number of rotatable bonds is 3. The average molecular weight is 274 g/mol. The minimum Gasteiger partial charge on any atom is -0.352 e. The molecule has 20 heavy (non-hydrogen) atoms. The molecule has 2 atom stereocenters. The van der Waals surface area contributed by atoms with Crippen molar-refractivity contribution in [2.24, 2.45) is 18.7 Å². The van der Waals surface area contributed by atoms with Gasteiger partial charge in [-0.05, 0) is 18.8 Å². The number of aryl methyl sites for hydroxylation is 1. The van der Waals surface area contributed by atoms with E-state index in [1.807, 2.05) is 13.2 Å². The molecule has 6 nitrogen and oxygen atoms in total. The van der Waals surface area contributed by atoms with Crippen molar-refractivity contribution in [3.63, 3.8) is 0 Å². The first-order valence-corrected chi connectivity index (χ1v) is 7.34. The van der Waals surface area contributed by atoms with Gasteiger partial charge in [0.1, 0.15) is 12.1 Å². The van der Waals surface area contributed by atoms with E-state index >= 15 is 0 Å². The molecule has 0 aromatic carbocycles. The Hall–Kier alpha value is -1.69. The van der Waals surface area contributed by atoms with Gasteiger partial charge in [0.2, 0.25) is 0 Å². The summed E-state index contributed by atoms with van der Waals surface area (Å²) >= 11 is 0. The summed E-state index contributed by atoms with van der Waals surface area (Å²) in [5.41, 5.74) is 6.87. The van der Waals surface area contributed by atoms with Gasteiger partial charge in [0.25, 0.3) is 0 Å². The molecule has 0 bridgehead atoms. The molecule has 2 N–H and O–H groups in total. The van der Waals surface area contributed by atoms with Crippen LogP contribution in [0.3, 0.4) is 0 Å². The number of nitrogens with zero attached hydrogens (tertiary/aromatic N) is 5. The van der Waals surface area contributed by atoms with E-state index in [0.29, 0.717) is 12.6 Å². The first-order chi connectivity index (χ1) is 9.74. The summed E-state index contributed by atoms with van der Waals surface area (Å²) in [7, 11) is 1.91. The van der Waals surface area contributed by atoms with Gasteiger partial charge in [-0.3, -0.25) is 4.68 Å². The molecule has 2 aromatic rings. The highest BCUT2D eigenvalue weighted by atomic mass is 15.3. The van der Waals surface area contributed by atoms with Crippen LogP contribution < -0.4 is 10.6 Å². The monoisotopic (exact) mass is 274 g/mol. The summed E-state index contributed by atoms with van der Waals surface area (Å²) in [5.74, 6) is 1.76. The van der Waals surface area contributed by atoms with Gasteiger partial charge >= 0.3 is 0 Å². The number of nitrogens with two attached hydrogens (primary N) is 1. The summed E-state index contributed by atoms with van der Waals surface area (Å²) in [6.07, 6.45) is 7.07. The molecule has 2 aromatic heterocycles. The normalized spacial score (nSPS) is 23.4. The lowest BCUT2D eigenvalue weighted by Gasteiger charge is -2.39. The minimum absolute atomic E-state index is 0.368. The lowest BCUT2D eigenvalue weighted by Crippen LogP contribution is -2.47. The minimum atomic E-state index is 0.368. The molecule has 1 aliphatic heterocycles. The molecule has 1 aliphatic rings. The molecule has 0 radical (unpaired) electrons. The van der Waals surface area contributed by atoms with E-state index < -0.39 is 0 Å². The molecule has 0 amide bonds. The van der Waals surface area contributed by atoms with Crippen molar-refractivity contribution < 1.29 is 0 Å². The van der Waals surface area contributed by atoms with Crippen molar-refractivity contribution in [1.82, 2.24) is 19.7 Å². The van der Waals surface area contributed by atoms with Crippen LogP contribution in [0.4, 0.5) is 5.82 Å². The topological polar surface area (TPSA) is 72.9 Å². The molecule has 1 saturated heterocycles. The fourth-order valence-electron chi connectivity index (χ4n) is 3.19. The molecule has 3 heterocycles. The quantitative estimate of drug-likeness (QED) is 0.913. The second-order valence-electron chi connectivity index (χ2n) is 5.58. The molecule has 6 heteroatoms. The van der Waals surface area contributed by atoms with Gasteiger partial charge in [-0.2, -0.15) is 5.10 Å². The molecular weight excluding hydrogens is 252 g/mol. The molecule has 0 spiro atoms. The van der Waals surface area contributed by atoms with Crippen LogP contribution in [-0.2, 0) is 7.05 Å². The van der Waals surface area contributed by atoms with Gasteiger partial charge in [-0.15, -0.1) is 0 Å². The lowest BCUT2D eigenvalue weighted by atomic mass is 9.89. The maximum absolute atomic E-state index is 5.99. The zero-order valence-corrected chi connectivity index (χ0v) is 12.2. The predicted octanol–water partition coefficient (Wildman–Crippen LogP) is 1.32. The van der Waals surface area contributed by atoms with Crippen molar-refractivity contribution in [3.05, 3.63) is 12.5 Å². The van der Waals surface area contributed by atoms with E-state index in [4.69, 9.17) is 5.73 Å². The van der Waals surface area contributed by atoms with Crippen molar-refractivity contribution in [1.29, 1.82) is 0 Å². The number of piperidine rings is 1. The third-order valence-electron chi connectivity index (χ3n) is 4.45. The molecule has 0 saturated carbocycles. The zero-order valence-electron chi connectivity index (χ0n) is 12.2. The van der Waals surface area contributed by atoms with Gasteiger partial charge in [-0.25, -0.2) is 9.97 Å². The number of hydrogen-bond acceptors (Lipinski definition) is 5. The van der Waals surface area contributed by atoms with Gasteiger partial charge in [0, 0.05) is 26.2 Å². The lowest BCUT2D eigenvalue weighted by molar-refractivity contribution is 0.335. The molecule has 2 unspecified atom stereocenters. The van der Waals surface area contributed by atoms with Gasteiger partial charge in [0.15, 0.2) is 5.65 Å². The molecule has 3 rings (SSSR count). The van der Waals surface area contributed by atoms with Crippen molar-refractivity contribution in [2.75, 3.05) is 18.0 Å². The van der Waals surface area contributed by atoms with Crippen LogP contribution in [0.1, 0.15) is 26.2 Å². The van der Waals surface area contributed by atoms with Crippen LogP contribution in [0.2, 0.25) is 0 Å².